The molecule has 0 aromatic carbocycles. The minimum atomic E-state index is 0.314. The second-order valence-corrected chi connectivity index (χ2v) is 6.84. The molecule has 18 heavy (non-hydrogen) atoms. The molecule has 1 N–H and O–H groups in total. The van der Waals surface area contributed by atoms with Gasteiger partial charge in [0.15, 0.2) is 0 Å². The summed E-state index contributed by atoms with van der Waals surface area (Å²) >= 11 is 0. The predicted molar refractivity (Wildman–Crippen MR) is 78.0 cm³/mol. The van der Waals surface area contributed by atoms with E-state index in [1.807, 2.05) is 0 Å². The van der Waals surface area contributed by atoms with Gasteiger partial charge in [-0.2, -0.15) is 0 Å². The molecule has 0 radical (unpaired) electrons. The van der Waals surface area contributed by atoms with Crippen molar-refractivity contribution in [2.45, 2.75) is 66.2 Å². The van der Waals surface area contributed by atoms with Gasteiger partial charge in [-0.15, -0.1) is 0 Å². The van der Waals surface area contributed by atoms with Gasteiger partial charge in [-0.25, -0.2) is 0 Å². The SMILES string of the molecule is CCC1COC(C)CN1CC(C)(C)CNC(C)C. The van der Waals surface area contributed by atoms with Crippen LogP contribution in [0.2, 0.25) is 0 Å². The Morgan fingerprint density at radius 1 is 1.39 bits per heavy atom. The Morgan fingerprint density at radius 2 is 2.06 bits per heavy atom. The third-order valence-corrected chi connectivity index (χ3v) is 3.67. The second kappa shape index (κ2) is 6.88. The van der Waals surface area contributed by atoms with Crippen molar-refractivity contribution in [1.82, 2.24) is 10.2 Å². The maximum atomic E-state index is 5.77. The molecule has 2 atom stereocenters. The molecule has 108 valence electrons. The van der Waals surface area contributed by atoms with Gasteiger partial charge < -0.3 is 10.1 Å². The number of nitrogens with zero attached hydrogens (tertiary/aromatic N) is 1. The van der Waals surface area contributed by atoms with Crippen LogP contribution in [0.15, 0.2) is 0 Å². The third-order valence-electron chi connectivity index (χ3n) is 3.67. The highest BCUT2D eigenvalue weighted by Gasteiger charge is 2.30. The number of hydrogen-bond donors (Lipinski definition) is 1. The van der Waals surface area contributed by atoms with E-state index < -0.39 is 0 Å². The summed E-state index contributed by atoms with van der Waals surface area (Å²) in [6.07, 6.45) is 1.56. The van der Waals surface area contributed by atoms with E-state index in [9.17, 15) is 0 Å². The van der Waals surface area contributed by atoms with Crippen LogP contribution in [0.3, 0.4) is 0 Å². The van der Waals surface area contributed by atoms with Crippen LogP contribution >= 0.6 is 0 Å². The monoisotopic (exact) mass is 256 g/mol. The van der Waals surface area contributed by atoms with Crippen molar-refractivity contribution < 1.29 is 4.74 Å². The molecule has 1 aliphatic heterocycles. The summed E-state index contributed by atoms with van der Waals surface area (Å²) in [5, 5.41) is 3.56. The van der Waals surface area contributed by atoms with Crippen LogP contribution in [0.1, 0.15) is 48.0 Å². The zero-order valence-electron chi connectivity index (χ0n) is 13.1. The Balaban J connectivity index is 2.51. The van der Waals surface area contributed by atoms with E-state index in [0.29, 0.717) is 23.6 Å². The standard InChI is InChI=1S/C15H32N2O/c1-7-14-9-18-13(4)8-17(14)11-15(5,6)10-16-12(2)3/h12-14,16H,7-11H2,1-6H3. The van der Waals surface area contributed by atoms with Gasteiger partial charge in [0.1, 0.15) is 0 Å². The van der Waals surface area contributed by atoms with E-state index in [1.54, 1.807) is 0 Å². The summed E-state index contributed by atoms with van der Waals surface area (Å²) in [5.41, 5.74) is 0.314. The van der Waals surface area contributed by atoms with Crippen LogP contribution in [0, 0.1) is 5.41 Å². The van der Waals surface area contributed by atoms with Crippen molar-refractivity contribution in [2.75, 3.05) is 26.2 Å². The first-order chi connectivity index (χ1) is 8.34. The molecular formula is C15H32N2O. The van der Waals surface area contributed by atoms with Crippen molar-refractivity contribution in [3.63, 3.8) is 0 Å². The lowest BCUT2D eigenvalue weighted by Crippen LogP contribution is -2.53. The topological polar surface area (TPSA) is 24.5 Å². The van der Waals surface area contributed by atoms with Crippen molar-refractivity contribution in [2.24, 2.45) is 5.41 Å². The average molecular weight is 256 g/mol. The fraction of sp³-hybridized carbons (Fsp3) is 1.00. The number of morpholine rings is 1. The molecule has 0 spiro atoms. The molecule has 1 heterocycles. The molecule has 3 nitrogen and oxygen atoms in total. The van der Waals surface area contributed by atoms with Gasteiger partial charge in [0.25, 0.3) is 0 Å². The van der Waals surface area contributed by atoms with Crippen molar-refractivity contribution in [3.05, 3.63) is 0 Å². The smallest absolute Gasteiger partial charge is 0.0674 e. The van der Waals surface area contributed by atoms with Crippen LogP contribution < -0.4 is 5.32 Å². The Kier molecular flexibility index (Phi) is 6.09. The van der Waals surface area contributed by atoms with Crippen molar-refractivity contribution in [1.29, 1.82) is 0 Å². The van der Waals surface area contributed by atoms with E-state index in [0.717, 1.165) is 26.2 Å². The first kappa shape index (κ1) is 15.9. The van der Waals surface area contributed by atoms with Gasteiger partial charge in [-0.1, -0.05) is 34.6 Å². The van der Waals surface area contributed by atoms with E-state index in [1.165, 1.54) is 6.42 Å². The lowest BCUT2D eigenvalue weighted by Gasteiger charge is -2.42. The molecule has 2 unspecified atom stereocenters. The van der Waals surface area contributed by atoms with Crippen LogP contribution in [0.5, 0.6) is 0 Å². The zero-order chi connectivity index (χ0) is 13.8. The lowest BCUT2D eigenvalue weighted by atomic mass is 9.91. The number of rotatable bonds is 6. The Labute approximate surface area is 113 Å². The maximum absolute atomic E-state index is 5.77. The number of nitrogens with one attached hydrogen (secondary N) is 1. The Bertz CT molecular complexity index is 241. The molecule has 0 amide bonds. The second-order valence-electron chi connectivity index (χ2n) is 6.84. The Hall–Kier alpha value is -0.120. The van der Waals surface area contributed by atoms with Crippen molar-refractivity contribution in [3.8, 4) is 0 Å². The molecule has 0 bridgehead atoms. The predicted octanol–water partition coefficient (Wildman–Crippen LogP) is 2.51. The molecule has 1 rings (SSSR count). The highest BCUT2D eigenvalue weighted by molar-refractivity contribution is 4.84. The molecule has 0 aromatic rings. The first-order valence-electron chi connectivity index (χ1n) is 7.43. The number of hydrogen-bond acceptors (Lipinski definition) is 3. The summed E-state index contributed by atoms with van der Waals surface area (Å²) in [6, 6.07) is 1.16. The highest BCUT2D eigenvalue weighted by atomic mass is 16.5. The Morgan fingerprint density at radius 3 is 2.61 bits per heavy atom. The van der Waals surface area contributed by atoms with Gasteiger partial charge in [0, 0.05) is 31.7 Å². The summed E-state index contributed by atoms with van der Waals surface area (Å²) < 4.78 is 5.77. The lowest BCUT2D eigenvalue weighted by molar-refractivity contribution is -0.0664. The molecular weight excluding hydrogens is 224 g/mol. The zero-order valence-corrected chi connectivity index (χ0v) is 13.1. The molecule has 1 aliphatic rings. The average Bonchev–Trinajstić information content (AvgIpc) is 2.26. The molecule has 0 aromatic heterocycles. The van der Waals surface area contributed by atoms with Gasteiger partial charge in [0.2, 0.25) is 0 Å². The van der Waals surface area contributed by atoms with Crippen molar-refractivity contribution >= 4 is 0 Å². The summed E-state index contributed by atoms with van der Waals surface area (Å²) in [5.74, 6) is 0. The van der Waals surface area contributed by atoms with Crippen LogP contribution in [-0.4, -0.2) is 49.3 Å². The fourth-order valence-corrected chi connectivity index (χ4v) is 2.57. The maximum Gasteiger partial charge on any atom is 0.0674 e. The van der Waals surface area contributed by atoms with Crippen LogP contribution in [0.4, 0.5) is 0 Å². The van der Waals surface area contributed by atoms with Gasteiger partial charge >= 0.3 is 0 Å². The normalized spacial score (nSPS) is 26.8. The number of ether oxygens (including phenoxy) is 1. The minimum absolute atomic E-state index is 0.314. The molecule has 3 heteroatoms. The van der Waals surface area contributed by atoms with E-state index in [4.69, 9.17) is 4.74 Å². The van der Waals surface area contributed by atoms with E-state index in [-0.39, 0.29) is 0 Å². The van der Waals surface area contributed by atoms with Crippen LogP contribution in [0.25, 0.3) is 0 Å². The first-order valence-corrected chi connectivity index (χ1v) is 7.43. The van der Waals surface area contributed by atoms with E-state index in [2.05, 4.69) is 51.8 Å². The largest absolute Gasteiger partial charge is 0.376 e. The van der Waals surface area contributed by atoms with Gasteiger partial charge in [0.05, 0.1) is 12.7 Å². The summed E-state index contributed by atoms with van der Waals surface area (Å²) in [6.45, 7) is 17.8. The van der Waals surface area contributed by atoms with E-state index >= 15 is 0 Å². The molecule has 1 saturated heterocycles. The quantitative estimate of drug-likeness (QED) is 0.790. The molecule has 1 fully saturated rings. The third kappa shape index (κ3) is 5.25. The highest BCUT2D eigenvalue weighted by Crippen LogP contribution is 2.22. The van der Waals surface area contributed by atoms with Crippen LogP contribution in [-0.2, 0) is 4.74 Å². The van der Waals surface area contributed by atoms with Gasteiger partial charge in [-0.3, -0.25) is 4.90 Å². The summed E-state index contributed by atoms with van der Waals surface area (Å²) in [7, 11) is 0. The fourth-order valence-electron chi connectivity index (χ4n) is 2.57. The van der Waals surface area contributed by atoms with Gasteiger partial charge in [-0.05, 0) is 18.8 Å². The minimum Gasteiger partial charge on any atom is -0.376 e. The molecule has 0 saturated carbocycles. The molecule has 0 aliphatic carbocycles. The summed E-state index contributed by atoms with van der Waals surface area (Å²) in [4.78, 5) is 2.62.